The molecule has 13 heavy (non-hydrogen) atoms. The molecule has 1 aliphatic rings. The van der Waals surface area contributed by atoms with Gasteiger partial charge < -0.3 is 9.64 Å². The topological polar surface area (TPSA) is 29.5 Å². The molecule has 0 aliphatic carbocycles. The first-order valence-corrected chi connectivity index (χ1v) is 3.99. The van der Waals surface area contributed by atoms with Gasteiger partial charge in [-0.05, 0) is 12.1 Å². The minimum atomic E-state index is 0.566. The average molecular weight is 175 g/mol. The van der Waals surface area contributed by atoms with Gasteiger partial charge in [0.05, 0.1) is 5.69 Å². The Labute approximate surface area is 76.2 Å². The summed E-state index contributed by atoms with van der Waals surface area (Å²) >= 11 is 0. The zero-order chi connectivity index (χ0) is 9.26. The molecule has 0 N–H and O–H groups in total. The van der Waals surface area contributed by atoms with Crippen LogP contribution in [0.3, 0.4) is 0 Å². The standard InChI is InChI=1S/C10H9NO2/c1-11-8-4-2-3-5-9(8)13-10(11)6-7-12/h2-7H,1H3. The fourth-order valence-electron chi connectivity index (χ4n) is 1.32. The third-order valence-electron chi connectivity index (χ3n) is 1.98. The van der Waals surface area contributed by atoms with Crippen molar-refractivity contribution in [2.45, 2.75) is 0 Å². The molecule has 0 bridgehead atoms. The van der Waals surface area contributed by atoms with Crippen molar-refractivity contribution in [3.8, 4) is 5.75 Å². The van der Waals surface area contributed by atoms with Gasteiger partial charge >= 0.3 is 0 Å². The zero-order valence-electron chi connectivity index (χ0n) is 7.23. The van der Waals surface area contributed by atoms with E-state index < -0.39 is 0 Å². The van der Waals surface area contributed by atoms with E-state index in [2.05, 4.69) is 0 Å². The van der Waals surface area contributed by atoms with Crippen LogP contribution in [0.1, 0.15) is 0 Å². The van der Waals surface area contributed by atoms with Crippen molar-refractivity contribution in [1.29, 1.82) is 0 Å². The van der Waals surface area contributed by atoms with Gasteiger partial charge in [-0.25, -0.2) is 0 Å². The summed E-state index contributed by atoms with van der Waals surface area (Å²) in [7, 11) is 1.86. The summed E-state index contributed by atoms with van der Waals surface area (Å²) < 4.78 is 5.42. The molecule has 0 spiro atoms. The molecule has 0 unspecified atom stereocenters. The van der Waals surface area contributed by atoms with Crippen LogP contribution < -0.4 is 9.64 Å². The molecule has 0 radical (unpaired) electrons. The lowest BCUT2D eigenvalue weighted by Crippen LogP contribution is -2.13. The Bertz CT molecular complexity index is 371. The van der Waals surface area contributed by atoms with Gasteiger partial charge in [0.25, 0.3) is 0 Å². The van der Waals surface area contributed by atoms with E-state index >= 15 is 0 Å². The van der Waals surface area contributed by atoms with Crippen molar-refractivity contribution in [2.24, 2.45) is 0 Å². The van der Waals surface area contributed by atoms with E-state index in [0.717, 1.165) is 17.7 Å². The van der Waals surface area contributed by atoms with Gasteiger partial charge in [0, 0.05) is 13.1 Å². The van der Waals surface area contributed by atoms with Crippen LogP contribution >= 0.6 is 0 Å². The molecule has 3 nitrogen and oxygen atoms in total. The number of carbonyl (C=O) groups excluding carboxylic acids is 1. The minimum Gasteiger partial charge on any atom is -0.439 e. The third kappa shape index (κ3) is 1.18. The summed E-state index contributed by atoms with van der Waals surface area (Å²) in [5, 5.41) is 0. The predicted octanol–water partition coefficient (Wildman–Crippen LogP) is 1.56. The zero-order valence-corrected chi connectivity index (χ0v) is 7.23. The predicted molar refractivity (Wildman–Crippen MR) is 49.6 cm³/mol. The number of hydrogen-bond donors (Lipinski definition) is 0. The van der Waals surface area contributed by atoms with Crippen molar-refractivity contribution in [2.75, 3.05) is 11.9 Å². The van der Waals surface area contributed by atoms with E-state index in [-0.39, 0.29) is 0 Å². The summed E-state index contributed by atoms with van der Waals surface area (Å²) in [6.45, 7) is 0. The molecule has 0 atom stereocenters. The highest BCUT2D eigenvalue weighted by atomic mass is 16.5. The molecular weight excluding hydrogens is 166 g/mol. The summed E-state index contributed by atoms with van der Waals surface area (Å²) in [6, 6.07) is 7.65. The van der Waals surface area contributed by atoms with Crippen LogP contribution in [0.15, 0.2) is 36.2 Å². The Balaban J connectivity index is 2.43. The van der Waals surface area contributed by atoms with Crippen molar-refractivity contribution in [3.05, 3.63) is 36.2 Å². The molecule has 3 heteroatoms. The molecule has 1 aromatic carbocycles. The molecule has 2 rings (SSSR count). The lowest BCUT2D eigenvalue weighted by molar-refractivity contribution is -0.104. The normalized spacial score (nSPS) is 17.0. The highest BCUT2D eigenvalue weighted by Gasteiger charge is 2.21. The number of hydrogen-bond acceptors (Lipinski definition) is 3. The molecule has 0 aromatic heterocycles. The number of anilines is 1. The number of aldehydes is 1. The number of allylic oxidation sites excluding steroid dienone is 1. The Kier molecular flexibility index (Phi) is 1.77. The number of para-hydroxylation sites is 2. The number of rotatable bonds is 1. The summed E-state index contributed by atoms with van der Waals surface area (Å²) in [6.07, 6.45) is 2.12. The van der Waals surface area contributed by atoms with Gasteiger partial charge in [-0.2, -0.15) is 0 Å². The molecule has 0 amide bonds. The second-order valence-corrected chi connectivity index (χ2v) is 2.77. The van der Waals surface area contributed by atoms with Crippen LogP contribution in [0.4, 0.5) is 5.69 Å². The molecule has 66 valence electrons. The lowest BCUT2D eigenvalue weighted by atomic mass is 10.3. The highest BCUT2D eigenvalue weighted by Crippen LogP contribution is 2.36. The SMILES string of the molecule is CN1C(=CC=O)Oc2ccccc21. The van der Waals surface area contributed by atoms with Gasteiger partial charge in [0.1, 0.15) is 6.29 Å². The molecule has 1 aliphatic heterocycles. The Morgan fingerprint density at radius 3 is 2.85 bits per heavy atom. The van der Waals surface area contributed by atoms with Crippen LogP contribution in [0, 0.1) is 0 Å². The lowest BCUT2D eigenvalue weighted by Gasteiger charge is -2.08. The maximum absolute atomic E-state index is 10.3. The number of nitrogens with zero attached hydrogens (tertiary/aromatic N) is 1. The van der Waals surface area contributed by atoms with E-state index in [4.69, 9.17) is 4.74 Å². The first-order valence-electron chi connectivity index (χ1n) is 3.99. The summed E-state index contributed by atoms with van der Waals surface area (Å²) in [4.78, 5) is 12.1. The van der Waals surface area contributed by atoms with Gasteiger partial charge in [0.15, 0.2) is 5.75 Å². The van der Waals surface area contributed by atoms with Crippen LogP contribution in [0.5, 0.6) is 5.75 Å². The average Bonchev–Trinajstić information content (AvgIpc) is 2.46. The fourth-order valence-corrected chi connectivity index (χ4v) is 1.32. The largest absolute Gasteiger partial charge is 0.439 e. The van der Waals surface area contributed by atoms with Crippen LogP contribution in [-0.2, 0) is 4.79 Å². The molecule has 1 aromatic rings. The summed E-state index contributed by atoms with van der Waals surface area (Å²) in [5.74, 6) is 1.36. The van der Waals surface area contributed by atoms with Crippen molar-refractivity contribution >= 4 is 12.0 Å². The van der Waals surface area contributed by atoms with Gasteiger partial charge in [-0.15, -0.1) is 0 Å². The number of ether oxygens (including phenoxy) is 1. The second kappa shape index (κ2) is 2.94. The first kappa shape index (κ1) is 7.86. The third-order valence-corrected chi connectivity index (χ3v) is 1.98. The molecular formula is C10H9NO2. The molecule has 0 saturated carbocycles. The number of fused-ring (bicyclic) bond motifs is 1. The van der Waals surface area contributed by atoms with E-state index in [1.807, 2.05) is 36.2 Å². The highest BCUT2D eigenvalue weighted by molar-refractivity contribution is 5.72. The summed E-state index contributed by atoms with van der Waals surface area (Å²) in [5.41, 5.74) is 0.982. The Morgan fingerprint density at radius 2 is 2.15 bits per heavy atom. The van der Waals surface area contributed by atoms with Gasteiger partial charge in [-0.1, -0.05) is 12.1 Å². The van der Waals surface area contributed by atoms with E-state index in [1.54, 1.807) is 0 Å². The van der Waals surface area contributed by atoms with Crippen LogP contribution in [0.2, 0.25) is 0 Å². The van der Waals surface area contributed by atoms with Crippen molar-refractivity contribution < 1.29 is 9.53 Å². The van der Waals surface area contributed by atoms with Gasteiger partial charge in [-0.3, -0.25) is 4.79 Å². The van der Waals surface area contributed by atoms with E-state index in [1.165, 1.54) is 6.08 Å². The maximum Gasteiger partial charge on any atom is 0.203 e. The molecule has 0 saturated heterocycles. The molecule has 1 heterocycles. The number of benzene rings is 1. The van der Waals surface area contributed by atoms with Crippen LogP contribution in [0.25, 0.3) is 0 Å². The van der Waals surface area contributed by atoms with Gasteiger partial charge in [0.2, 0.25) is 5.88 Å². The second-order valence-electron chi connectivity index (χ2n) is 2.77. The first-order chi connectivity index (χ1) is 6.33. The molecule has 0 fully saturated rings. The Morgan fingerprint density at radius 1 is 1.38 bits per heavy atom. The van der Waals surface area contributed by atoms with Crippen LogP contribution in [-0.4, -0.2) is 13.3 Å². The quantitative estimate of drug-likeness (QED) is 0.479. The van der Waals surface area contributed by atoms with E-state index in [9.17, 15) is 4.79 Å². The monoisotopic (exact) mass is 175 g/mol. The maximum atomic E-state index is 10.3. The van der Waals surface area contributed by atoms with Crippen molar-refractivity contribution in [1.82, 2.24) is 0 Å². The van der Waals surface area contributed by atoms with E-state index in [0.29, 0.717) is 5.88 Å². The fraction of sp³-hybridized carbons (Fsp3) is 0.100. The minimum absolute atomic E-state index is 0.566. The smallest absolute Gasteiger partial charge is 0.203 e. The Hall–Kier alpha value is -1.77. The number of carbonyl (C=O) groups is 1. The van der Waals surface area contributed by atoms with Crippen molar-refractivity contribution in [3.63, 3.8) is 0 Å².